The van der Waals surface area contributed by atoms with Crippen molar-refractivity contribution in [1.29, 1.82) is 0 Å². The van der Waals surface area contributed by atoms with Gasteiger partial charge in [0.2, 0.25) is 11.6 Å². The Kier molecular flexibility index (Phi) is 7.39. The Morgan fingerprint density at radius 2 is 1.06 bits per heavy atom. The fourth-order valence-electron chi connectivity index (χ4n) is 3.70. The minimum absolute atomic E-state index is 0.00106. The lowest BCUT2D eigenvalue weighted by Crippen LogP contribution is -2.17. The van der Waals surface area contributed by atoms with Crippen LogP contribution >= 0.6 is 0 Å². The molecule has 8 heteroatoms. The van der Waals surface area contributed by atoms with Gasteiger partial charge in [0.15, 0.2) is 0 Å². The van der Waals surface area contributed by atoms with Crippen LogP contribution in [0.3, 0.4) is 0 Å². The van der Waals surface area contributed by atoms with Gasteiger partial charge in [-0.2, -0.15) is 0 Å². The molecule has 0 saturated carbocycles. The van der Waals surface area contributed by atoms with Crippen LogP contribution in [0.2, 0.25) is 0 Å². The Bertz CT molecular complexity index is 1050. The Balaban J connectivity index is 0.000000191. The molecule has 0 unspecified atom stereocenters. The van der Waals surface area contributed by atoms with Crippen LogP contribution in [-0.2, 0) is 28.7 Å². The van der Waals surface area contributed by atoms with E-state index in [1.165, 1.54) is 0 Å². The molecule has 8 nitrogen and oxygen atoms in total. The highest BCUT2D eigenvalue weighted by Crippen LogP contribution is 2.26. The molecule has 0 bridgehead atoms. The molecule has 180 valence electrons. The minimum atomic E-state index is -0.375. The molecule has 4 heterocycles. The average molecular weight is 467 g/mol. The number of carbonyl (C=O) groups is 4. The Hall–Kier alpha value is -3.68. The van der Waals surface area contributed by atoms with Gasteiger partial charge in [0.1, 0.15) is 22.7 Å². The second-order valence-corrected chi connectivity index (χ2v) is 8.93. The topological polar surface area (TPSA) is 111 Å². The van der Waals surface area contributed by atoms with Gasteiger partial charge in [-0.25, -0.2) is 0 Å². The van der Waals surface area contributed by atoms with E-state index in [4.69, 9.17) is 9.47 Å². The second-order valence-electron chi connectivity index (χ2n) is 8.93. The molecular weight excluding hydrogens is 436 g/mol. The number of ether oxygens (including phenoxy) is 2. The number of hydrogen-bond acceptors (Lipinski definition) is 6. The molecule has 2 N–H and O–H groups in total. The molecule has 4 aliphatic heterocycles. The van der Waals surface area contributed by atoms with Crippen LogP contribution in [0.4, 0.5) is 0 Å². The highest BCUT2D eigenvalue weighted by molar-refractivity contribution is 6.33. The molecule has 0 aliphatic carbocycles. The van der Waals surface area contributed by atoms with E-state index in [9.17, 15) is 19.2 Å². The van der Waals surface area contributed by atoms with Crippen molar-refractivity contribution < 1.29 is 28.7 Å². The van der Waals surface area contributed by atoms with Crippen LogP contribution in [0, 0.1) is 0 Å². The largest absolute Gasteiger partial charge is 0.489 e. The summed E-state index contributed by atoms with van der Waals surface area (Å²) in [6, 6.07) is 0. The number of hydrogen-bond donors (Lipinski definition) is 2. The highest BCUT2D eigenvalue weighted by atomic mass is 16.5. The van der Waals surface area contributed by atoms with E-state index in [0.29, 0.717) is 22.9 Å². The summed E-state index contributed by atoms with van der Waals surface area (Å²) >= 11 is 0. The number of rotatable bonds is 0. The quantitative estimate of drug-likeness (QED) is 0.419. The lowest BCUT2D eigenvalue weighted by Gasteiger charge is -2.18. The van der Waals surface area contributed by atoms with Crippen molar-refractivity contribution in [3.8, 4) is 0 Å². The Morgan fingerprint density at radius 3 is 1.32 bits per heavy atom. The average Bonchev–Trinajstić information content (AvgIpc) is 3.23. The summed E-state index contributed by atoms with van der Waals surface area (Å²) in [4.78, 5) is 47.6. The predicted octanol–water partition coefficient (Wildman–Crippen LogP) is 3.20. The van der Waals surface area contributed by atoms with Gasteiger partial charge >= 0.3 is 0 Å². The van der Waals surface area contributed by atoms with Gasteiger partial charge in [-0.15, -0.1) is 0 Å². The molecule has 2 amide bonds. The van der Waals surface area contributed by atoms with E-state index >= 15 is 0 Å². The minimum Gasteiger partial charge on any atom is -0.489 e. The lowest BCUT2D eigenvalue weighted by atomic mass is 10.1. The van der Waals surface area contributed by atoms with Gasteiger partial charge < -0.3 is 20.1 Å². The van der Waals surface area contributed by atoms with E-state index in [2.05, 4.69) is 10.6 Å². The third-order valence-electron chi connectivity index (χ3n) is 5.46. The second kappa shape index (κ2) is 10.1. The van der Waals surface area contributed by atoms with Crippen LogP contribution in [0.25, 0.3) is 0 Å². The van der Waals surface area contributed by atoms with E-state index in [1.54, 1.807) is 39.8 Å². The molecule has 2 fully saturated rings. The normalized spacial score (nSPS) is 28.2. The fourth-order valence-corrected chi connectivity index (χ4v) is 3.70. The number of Topliss-reactive ketones (excluding diaryl/α,β-unsaturated/α-hetero) is 2. The summed E-state index contributed by atoms with van der Waals surface area (Å²) in [5, 5.41) is 5.17. The predicted molar refractivity (Wildman–Crippen MR) is 126 cm³/mol. The first-order valence-corrected chi connectivity index (χ1v) is 11.2. The molecule has 0 aromatic rings. The molecule has 4 aliphatic rings. The number of allylic oxidation sites excluding steroid dienone is 6. The number of ketones is 2. The van der Waals surface area contributed by atoms with Gasteiger partial charge in [-0.05, 0) is 64.8 Å². The highest BCUT2D eigenvalue weighted by Gasteiger charge is 2.36. The smallest absolute Gasteiger partial charge is 0.263 e. The lowest BCUT2D eigenvalue weighted by molar-refractivity contribution is -0.119. The zero-order valence-corrected chi connectivity index (χ0v) is 20.3. The molecule has 2 atom stereocenters. The third-order valence-corrected chi connectivity index (χ3v) is 5.46. The van der Waals surface area contributed by atoms with Gasteiger partial charge in [0, 0.05) is 12.8 Å². The van der Waals surface area contributed by atoms with Crippen LogP contribution in [0.15, 0.2) is 69.5 Å². The van der Waals surface area contributed by atoms with E-state index in [-0.39, 0.29) is 46.7 Å². The van der Waals surface area contributed by atoms with Crippen LogP contribution in [0.1, 0.15) is 54.4 Å². The number of carbonyl (C=O) groups excluding carboxylic acids is 4. The first kappa shape index (κ1) is 25.0. The maximum Gasteiger partial charge on any atom is 0.263 e. The molecular formula is C26H30N2O6. The zero-order chi connectivity index (χ0) is 25.2. The molecule has 4 rings (SSSR count). The van der Waals surface area contributed by atoms with Crippen molar-refractivity contribution in [2.75, 3.05) is 0 Å². The summed E-state index contributed by atoms with van der Waals surface area (Å²) in [6.45, 7) is 11.0. The molecule has 34 heavy (non-hydrogen) atoms. The van der Waals surface area contributed by atoms with E-state index in [1.807, 2.05) is 26.0 Å². The number of amides is 2. The SMILES string of the molecule is CC(C)=C1NC(=O)/C(=C2/C=CC[C@H](C)O2)C1=O.CC(C)=C1NC(=O)/C(=C2\C=CC[C@H](C)O2)C1=O. The van der Waals surface area contributed by atoms with Gasteiger partial charge in [0.25, 0.3) is 11.8 Å². The maximum absolute atomic E-state index is 12.1. The monoisotopic (exact) mass is 466 g/mol. The van der Waals surface area contributed by atoms with Crippen LogP contribution < -0.4 is 10.6 Å². The van der Waals surface area contributed by atoms with Gasteiger partial charge in [-0.3, -0.25) is 19.2 Å². The Labute approximate surface area is 199 Å². The van der Waals surface area contributed by atoms with E-state index < -0.39 is 0 Å². The molecule has 0 aromatic carbocycles. The standard InChI is InChI=1S/2C13H15NO3/c2*1-7(2)11-12(15)10(13(16)14-11)9-6-4-5-8(3)17-9/h2*4,6,8H,5H2,1-3H3,(H,14,16)/b10-9+;10-9-/t2*8-/m00/s1. The van der Waals surface area contributed by atoms with Crippen LogP contribution in [-0.4, -0.2) is 35.6 Å². The molecule has 0 aromatic heterocycles. The first-order valence-electron chi connectivity index (χ1n) is 11.2. The zero-order valence-electron chi connectivity index (χ0n) is 20.3. The third kappa shape index (κ3) is 5.11. The summed E-state index contributed by atoms with van der Waals surface area (Å²) in [5.41, 5.74) is 2.56. The van der Waals surface area contributed by atoms with E-state index in [0.717, 1.165) is 24.0 Å². The van der Waals surface area contributed by atoms with Crippen LogP contribution in [0.5, 0.6) is 0 Å². The van der Waals surface area contributed by atoms with Crippen molar-refractivity contribution in [1.82, 2.24) is 10.6 Å². The van der Waals surface area contributed by atoms with Crippen molar-refractivity contribution in [3.05, 3.63) is 69.5 Å². The van der Waals surface area contributed by atoms with Crippen molar-refractivity contribution in [2.24, 2.45) is 0 Å². The summed E-state index contributed by atoms with van der Waals surface area (Å²) in [7, 11) is 0. The van der Waals surface area contributed by atoms with Crippen molar-refractivity contribution in [2.45, 2.75) is 66.6 Å². The van der Waals surface area contributed by atoms with Gasteiger partial charge in [0.05, 0.1) is 23.6 Å². The van der Waals surface area contributed by atoms with Crippen molar-refractivity contribution >= 4 is 23.4 Å². The fraction of sp³-hybridized carbons (Fsp3) is 0.385. The summed E-state index contributed by atoms with van der Waals surface area (Å²) in [5.74, 6) is -0.544. The van der Waals surface area contributed by atoms with Gasteiger partial charge in [-0.1, -0.05) is 12.2 Å². The van der Waals surface area contributed by atoms with Crippen molar-refractivity contribution in [3.63, 3.8) is 0 Å². The first-order chi connectivity index (χ1) is 16.0. The maximum atomic E-state index is 12.1. The number of nitrogens with one attached hydrogen (secondary N) is 2. The molecule has 2 saturated heterocycles. The summed E-state index contributed by atoms with van der Waals surface area (Å²) < 4.78 is 11.1. The Morgan fingerprint density at radius 1 is 0.706 bits per heavy atom. The molecule has 0 spiro atoms. The molecule has 0 radical (unpaired) electrons. The summed E-state index contributed by atoms with van der Waals surface area (Å²) in [6.07, 6.45) is 8.80.